The third-order valence-corrected chi connectivity index (χ3v) is 5.93. The van der Waals surface area contributed by atoms with E-state index in [-0.39, 0.29) is 11.5 Å². The molecule has 34 heavy (non-hydrogen) atoms. The number of hydrogen-bond donors (Lipinski definition) is 2. The van der Waals surface area contributed by atoms with Gasteiger partial charge >= 0.3 is 5.97 Å². The molecule has 1 atom stereocenters. The van der Waals surface area contributed by atoms with Crippen LogP contribution in [0.4, 0.5) is 5.69 Å². The molecule has 0 fully saturated rings. The van der Waals surface area contributed by atoms with Crippen LogP contribution in [0.5, 0.6) is 11.5 Å². The molecule has 2 N–H and O–H groups in total. The number of aromatic amines is 1. The number of carbonyl (C=O) groups is 2. The van der Waals surface area contributed by atoms with Crippen molar-refractivity contribution in [2.45, 2.75) is 6.04 Å². The molecule has 2 heterocycles. The highest BCUT2D eigenvalue weighted by Crippen LogP contribution is 2.46. The van der Waals surface area contributed by atoms with Crippen molar-refractivity contribution >= 4 is 17.6 Å². The minimum absolute atomic E-state index is 0.142. The van der Waals surface area contributed by atoms with Crippen LogP contribution < -0.4 is 14.4 Å². The first-order valence-electron chi connectivity index (χ1n) is 10.6. The summed E-state index contributed by atoms with van der Waals surface area (Å²) in [4.78, 5) is 26.6. The molecule has 1 aliphatic rings. The van der Waals surface area contributed by atoms with E-state index in [2.05, 4.69) is 10.2 Å². The molecule has 1 amide bonds. The number of nitrogens with zero attached hydrogens (tertiary/aromatic N) is 2. The van der Waals surface area contributed by atoms with E-state index in [0.717, 1.165) is 16.7 Å². The number of H-pyrrole nitrogens is 1. The van der Waals surface area contributed by atoms with Crippen LogP contribution in [-0.4, -0.2) is 41.4 Å². The summed E-state index contributed by atoms with van der Waals surface area (Å²) in [5, 5.41) is 16.7. The number of rotatable bonds is 6. The minimum atomic E-state index is -1.03. The fourth-order valence-corrected chi connectivity index (χ4v) is 4.33. The van der Waals surface area contributed by atoms with Crippen LogP contribution in [0.2, 0.25) is 0 Å². The van der Waals surface area contributed by atoms with E-state index in [1.54, 1.807) is 37.3 Å². The van der Waals surface area contributed by atoms with E-state index in [0.29, 0.717) is 28.6 Å². The first-order valence-corrected chi connectivity index (χ1v) is 10.6. The van der Waals surface area contributed by atoms with Gasteiger partial charge in [0.25, 0.3) is 5.91 Å². The summed E-state index contributed by atoms with van der Waals surface area (Å²) in [6.07, 6.45) is 0. The first-order chi connectivity index (χ1) is 16.5. The van der Waals surface area contributed by atoms with Crippen molar-refractivity contribution in [1.82, 2.24) is 10.2 Å². The van der Waals surface area contributed by atoms with Crippen molar-refractivity contribution in [3.63, 3.8) is 0 Å². The second-order valence-corrected chi connectivity index (χ2v) is 7.77. The molecule has 1 aliphatic heterocycles. The quantitative estimate of drug-likeness (QED) is 0.442. The topological polar surface area (TPSA) is 105 Å². The number of carboxylic acids is 1. The van der Waals surface area contributed by atoms with E-state index < -0.39 is 12.0 Å². The molecule has 0 unspecified atom stereocenters. The van der Waals surface area contributed by atoms with Gasteiger partial charge in [-0.2, -0.15) is 5.10 Å². The second-order valence-electron chi connectivity index (χ2n) is 7.77. The Morgan fingerprint density at radius 2 is 1.68 bits per heavy atom. The molecule has 170 valence electrons. The van der Waals surface area contributed by atoms with Gasteiger partial charge in [-0.15, -0.1) is 0 Å². The van der Waals surface area contributed by atoms with Crippen molar-refractivity contribution in [2.24, 2.45) is 0 Å². The maximum Gasteiger partial charge on any atom is 0.335 e. The molecule has 0 saturated carbocycles. The zero-order chi connectivity index (χ0) is 23.8. The number of fused-ring (bicyclic) bond motifs is 1. The largest absolute Gasteiger partial charge is 0.493 e. The standard InChI is InChI=1S/C26H21N3O5/c1-33-19-13-10-17(14-20(19)34-2)24-21-22(15-6-4-3-5-7-15)27-28-23(21)25(30)29(24)18-11-8-16(9-12-18)26(31)32/h3-14,24H,1-2H3,(H,27,28)(H,31,32)/t24-/m1/s1. The summed E-state index contributed by atoms with van der Waals surface area (Å²) in [5.41, 5.74) is 4.19. The Kier molecular flexibility index (Phi) is 5.25. The SMILES string of the molecule is COc1ccc([C@@H]2c3c(-c4ccccc4)n[nH]c3C(=O)N2c2ccc(C(=O)O)cc2)cc1OC. The van der Waals surface area contributed by atoms with Gasteiger partial charge in [-0.1, -0.05) is 36.4 Å². The third-order valence-electron chi connectivity index (χ3n) is 5.93. The number of benzene rings is 3. The van der Waals surface area contributed by atoms with Crippen LogP contribution in [0.25, 0.3) is 11.3 Å². The molecule has 8 heteroatoms. The van der Waals surface area contributed by atoms with E-state index in [4.69, 9.17) is 9.47 Å². The number of aromatic nitrogens is 2. The summed E-state index contributed by atoms with van der Waals surface area (Å²) < 4.78 is 10.9. The molecular formula is C26H21N3O5. The molecule has 0 radical (unpaired) electrons. The number of anilines is 1. The van der Waals surface area contributed by atoms with Crippen LogP contribution in [-0.2, 0) is 0 Å². The predicted molar refractivity (Wildman–Crippen MR) is 126 cm³/mol. The minimum Gasteiger partial charge on any atom is -0.493 e. The van der Waals surface area contributed by atoms with Gasteiger partial charge in [0.05, 0.1) is 31.5 Å². The van der Waals surface area contributed by atoms with Crippen LogP contribution in [0.3, 0.4) is 0 Å². The number of nitrogens with one attached hydrogen (secondary N) is 1. The van der Waals surface area contributed by atoms with Gasteiger partial charge in [-0.3, -0.25) is 14.8 Å². The van der Waals surface area contributed by atoms with Crippen molar-refractivity contribution in [3.8, 4) is 22.8 Å². The van der Waals surface area contributed by atoms with Crippen molar-refractivity contribution < 1.29 is 24.2 Å². The number of methoxy groups -OCH3 is 2. The summed E-state index contributed by atoms with van der Waals surface area (Å²) in [5.74, 6) is -0.181. The Balaban J connectivity index is 1.71. The van der Waals surface area contributed by atoms with Crippen LogP contribution in [0, 0.1) is 0 Å². The van der Waals surface area contributed by atoms with E-state index >= 15 is 0 Å². The van der Waals surface area contributed by atoms with Gasteiger partial charge in [-0.25, -0.2) is 4.79 Å². The van der Waals surface area contributed by atoms with Crippen molar-refractivity contribution in [3.05, 3.63) is 95.2 Å². The number of hydrogen-bond acceptors (Lipinski definition) is 5. The van der Waals surface area contributed by atoms with Crippen LogP contribution >= 0.6 is 0 Å². The zero-order valence-electron chi connectivity index (χ0n) is 18.5. The number of carboxylic acid groups (broad SMARTS) is 1. The lowest BCUT2D eigenvalue weighted by Gasteiger charge is -2.27. The van der Waals surface area contributed by atoms with E-state index in [9.17, 15) is 14.7 Å². The normalized spacial score (nSPS) is 14.7. The smallest absolute Gasteiger partial charge is 0.335 e. The maximum absolute atomic E-state index is 13.6. The molecule has 5 rings (SSSR count). The fraction of sp³-hybridized carbons (Fsp3) is 0.115. The molecule has 0 spiro atoms. The molecule has 8 nitrogen and oxygen atoms in total. The highest BCUT2D eigenvalue weighted by atomic mass is 16.5. The van der Waals surface area contributed by atoms with E-state index in [1.165, 1.54) is 12.1 Å². The summed E-state index contributed by atoms with van der Waals surface area (Å²) in [6, 6.07) is 20.9. The van der Waals surface area contributed by atoms with Crippen molar-refractivity contribution in [2.75, 3.05) is 19.1 Å². The first kappa shape index (κ1) is 21.3. The summed E-state index contributed by atoms with van der Waals surface area (Å²) >= 11 is 0. The van der Waals surface area contributed by atoms with Gasteiger partial charge in [-0.05, 0) is 42.0 Å². The van der Waals surface area contributed by atoms with Crippen LogP contribution in [0.15, 0.2) is 72.8 Å². The van der Waals surface area contributed by atoms with Gasteiger partial charge in [0.15, 0.2) is 11.5 Å². The number of carbonyl (C=O) groups excluding carboxylic acids is 1. The van der Waals surface area contributed by atoms with Gasteiger partial charge in [0.1, 0.15) is 5.69 Å². The number of ether oxygens (including phenoxy) is 2. The number of amides is 1. The molecule has 4 aromatic rings. The molecule has 3 aromatic carbocycles. The Bertz CT molecular complexity index is 1380. The lowest BCUT2D eigenvalue weighted by Crippen LogP contribution is -2.29. The molecule has 1 aromatic heterocycles. The molecule has 0 saturated heterocycles. The average molecular weight is 455 g/mol. The van der Waals surface area contributed by atoms with Crippen molar-refractivity contribution in [1.29, 1.82) is 0 Å². The lowest BCUT2D eigenvalue weighted by atomic mass is 9.95. The molecule has 0 aliphatic carbocycles. The highest BCUT2D eigenvalue weighted by molar-refractivity contribution is 6.12. The van der Waals surface area contributed by atoms with Crippen LogP contribution in [0.1, 0.15) is 38.0 Å². The average Bonchev–Trinajstić information content (AvgIpc) is 3.43. The Morgan fingerprint density at radius 1 is 0.971 bits per heavy atom. The summed E-state index contributed by atoms with van der Waals surface area (Å²) in [7, 11) is 3.12. The lowest BCUT2D eigenvalue weighted by molar-refractivity contribution is 0.0696. The summed E-state index contributed by atoms with van der Waals surface area (Å²) in [6.45, 7) is 0. The Labute approximate surface area is 195 Å². The molecule has 0 bridgehead atoms. The van der Waals surface area contributed by atoms with Gasteiger partial charge in [0, 0.05) is 16.8 Å². The van der Waals surface area contributed by atoms with E-state index in [1.807, 2.05) is 42.5 Å². The Hall–Kier alpha value is -4.59. The third kappa shape index (κ3) is 3.36. The van der Waals surface area contributed by atoms with Gasteiger partial charge < -0.3 is 14.6 Å². The monoisotopic (exact) mass is 455 g/mol. The zero-order valence-corrected chi connectivity index (χ0v) is 18.5. The number of aromatic carboxylic acids is 1. The predicted octanol–water partition coefficient (Wildman–Crippen LogP) is 4.54. The maximum atomic E-state index is 13.6. The van der Waals surface area contributed by atoms with Gasteiger partial charge in [0.2, 0.25) is 0 Å². The molecular weight excluding hydrogens is 434 g/mol. The Morgan fingerprint density at radius 3 is 2.32 bits per heavy atom. The highest BCUT2D eigenvalue weighted by Gasteiger charge is 2.43. The second kappa shape index (κ2) is 8.40. The fourth-order valence-electron chi connectivity index (χ4n) is 4.33.